The molecule has 19 heavy (non-hydrogen) atoms. The average Bonchev–Trinajstić information content (AvgIpc) is 3.00. The fraction of sp³-hybridized carbons (Fsp3) is 0.400. The number of nitrogens with two attached hydrogens (primary N) is 1. The molecule has 0 atom stereocenters. The van der Waals surface area contributed by atoms with Crippen LogP contribution in [0.3, 0.4) is 0 Å². The summed E-state index contributed by atoms with van der Waals surface area (Å²) >= 11 is 1.23. The summed E-state index contributed by atoms with van der Waals surface area (Å²) in [6, 6.07) is 3.37. The number of sulfonamides is 1. The van der Waals surface area contributed by atoms with Crippen LogP contribution in [-0.4, -0.2) is 31.6 Å². The minimum atomic E-state index is -3.47. The van der Waals surface area contributed by atoms with Crippen LogP contribution in [0.4, 0.5) is 0 Å². The molecule has 0 radical (unpaired) electrons. The van der Waals surface area contributed by atoms with Crippen LogP contribution in [0.15, 0.2) is 27.3 Å². The van der Waals surface area contributed by atoms with Gasteiger partial charge in [0, 0.05) is 17.8 Å². The van der Waals surface area contributed by atoms with Crippen molar-refractivity contribution in [2.75, 3.05) is 13.1 Å². The molecule has 3 N–H and O–H groups in total. The summed E-state index contributed by atoms with van der Waals surface area (Å²) in [4.78, 5) is 4.77. The van der Waals surface area contributed by atoms with Crippen LogP contribution in [0.25, 0.3) is 0 Å². The minimum absolute atomic E-state index is 0.228. The fourth-order valence-electron chi connectivity index (χ4n) is 1.45. The molecular weight excluding hydrogens is 288 g/mol. The second-order valence-electron chi connectivity index (χ2n) is 3.75. The molecular formula is C10H14N4O3S2. The maximum Gasteiger partial charge on any atom is 0.250 e. The molecule has 0 fully saturated rings. The number of hydrogen-bond acceptors (Lipinski definition) is 7. The predicted octanol–water partition coefficient (Wildman–Crippen LogP) is 0.153. The fourth-order valence-corrected chi connectivity index (χ4v) is 3.90. The van der Waals surface area contributed by atoms with Gasteiger partial charge in [-0.15, -0.1) is 11.3 Å². The number of rotatable bonds is 7. The van der Waals surface area contributed by atoms with Gasteiger partial charge in [-0.1, -0.05) is 5.16 Å². The van der Waals surface area contributed by atoms with Crippen LogP contribution in [0.1, 0.15) is 10.7 Å². The lowest BCUT2D eigenvalue weighted by molar-refractivity contribution is 0.410. The van der Waals surface area contributed by atoms with Gasteiger partial charge in [0.15, 0.2) is 5.82 Å². The molecule has 9 heteroatoms. The Kier molecular flexibility index (Phi) is 4.64. The van der Waals surface area contributed by atoms with Crippen molar-refractivity contribution >= 4 is 21.4 Å². The van der Waals surface area contributed by atoms with Crippen LogP contribution in [0, 0.1) is 0 Å². The lowest BCUT2D eigenvalue weighted by Crippen LogP contribution is -2.25. The molecule has 0 saturated carbocycles. The summed E-state index contributed by atoms with van der Waals surface area (Å²) in [7, 11) is -3.47. The molecule has 2 rings (SSSR count). The number of hydrogen-bond donors (Lipinski definition) is 2. The van der Waals surface area contributed by atoms with Crippen molar-refractivity contribution in [3.05, 3.63) is 29.2 Å². The summed E-state index contributed by atoms with van der Waals surface area (Å²) in [6.45, 7) is 0.733. The molecule has 0 unspecified atom stereocenters. The second kappa shape index (κ2) is 6.24. The van der Waals surface area contributed by atoms with E-state index in [1.807, 2.05) is 0 Å². The van der Waals surface area contributed by atoms with Crippen molar-refractivity contribution in [3.8, 4) is 0 Å². The zero-order valence-corrected chi connectivity index (χ0v) is 11.7. The Hall–Kier alpha value is -1.29. The van der Waals surface area contributed by atoms with E-state index >= 15 is 0 Å². The maximum absolute atomic E-state index is 12.0. The van der Waals surface area contributed by atoms with Crippen molar-refractivity contribution < 1.29 is 12.9 Å². The van der Waals surface area contributed by atoms with Gasteiger partial charge in [0.05, 0.1) is 0 Å². The molecule has 0 amide bonds. The molecule has 104 valence electrons. The van der Waals surface area contributed by atoms with Gasteiger partial charge >= 0.3 is 0 Å². The highest BCUT2D eigenvalue weighted by Crippen LogP contribution is 2.21. The zero-order chi connectivity index (χ0) is 13.7. The van der Waals surface area contributed by atoms with E-state index in [0.29, 0.717) is 29.4 Å². The van der Waals surface area contributed by atoms with Crippen molar-refractivity contribution in [2.24, 2.45) is 5.73 Å². The van der Waals surface area contributed by atoms with E-state index in [1.54, 1.807) is 12.1 Å². The molecule has 2 aromatic heterocycles. The Bertz CT molecular complexity index is 607. The Morgan fingerprint density at radius 3 is 2.89 bits per heavy atom. The third-order valence-electron chi connectivity index (χ3n) is 2.34. The Labute approximate surface area is 114 Å². The lowest BCUT2D eigenvalue weighted by Gasteiger charge is -2.02. The third kappa shape index (κ3) is 3.83. The Morgan fingerprint density at radius 2 is 2.21 bits per heavy atom. The summed E-state index contributed by atoms with van der Waals surface area (Å²) in [5, 5.41) is 3.60. The van der Waals surface area contributed by atoms with Gasteiger partial charge in [0.2, 0.25) is 16.4 Å². The van der Waals surface area contributed by atoms with Crippen LogP contribution in [0.5, 0.6) is 0 Å². The van der Waals surface area contributed by atoms with Crippen molar-refractivity contribution in [1.82, 2.24) is 14.9 Å². The molecule has 0 aromatic carbocycles. The summed E-state index contributed by atoms with van der Waals surface area (Å²) in [5.41, 5.74) is 5.43. The van der Waals surface area contributed by atoms with E-state index in [9.17, 15) is 8.42 Å². The van der Waals surface area contributed by atoms with Crippen molar-refractivity contribution in [1.29, 1.82) is 0 Å². The smallest absolute Gasteiger partial charge is 0.250 e. The number of thiophene rings is 1. The molecule has 7 nitrogen and oxygen atoms in total. The minimum Gasteiger partial charge on any atom is -0.343 e. The average molecular weight is 302 g/mol. The SMILES string of the molecule is NCCc1ccc(S(=O)(=O)NCCc2ncon2)s1. The van der Waals surface area contributed by atoms with Gasteiger partial charge in [-0.05, 0) is 25.1 Å². The molecule has 2 aromatic rings. The quantitative estimate of drug-likeness (QED) is 0.753. The number of nitrogens with zero attached hydrogens (tertiary/aromatic N) is 2. The van der Waals surface area contributed by atoms with Gasteiger partial charge in [-0.2, -0.15) is 4.98 Å². The normalized spacial score (nSPS) is 11.8. The first-order valence-corrected chi connectivity index (χ1v) is 7.95. The van der Waals surface area contributed by atoms with Gasteiger partial charge in [-0.3, -0.25) is 0 Å². The van der Waals surface area contributed by atoms with Crippen LogP contribution < -0.4 is 10.5 Å². The highest BCUT2D eigenvalue weighted by molar-refractivity contribution is 7.91. The predicted molar refractivity (Wildman–Crippen MR) is 70.3 cm³/mol. The highest BCUT2D eigenvalue weighted by atomic mass is 32.2. The first kappa shape index (κ1) is 14.1. The zero-order valence-electron chi connectivity index (χ0n) is 10.1. The molecule has 0 bridgehead atoms. The lowest BCUT2D eigenvalue weighted by atomic mass is 10.3. The summed E-state index contributed by atoms with van der Waals surface area (Å²) < 4.78 is 31.3. The molecule has 0 aliphatic rings. The topological polar surface area (TPSA) is 111 Å². The molecule has 0 aliphatic carbocycles. The standard InChI is InChI=1S/C10H14N4O3S2/c11-5-3-8-1-2-10(18-8)19(15,16)13-6-4-9-12-7-17-14-9/h1-2,7,13H,3-6,11H2. The third-order valence-corrected chi connectivity index (χ3v) is 5.44. The monoisotopic (exact) mass is 302 g/mol. The van der Waals surface area contributed by atoms with Gasteiger partial charge in [0.25, 0.3) is 0 Å². The van der Waals surface area contributed by atoms with Crippen LogP contribution in [0.2, 0.25) is 0 Å². The first-order valence-electron chi connectivity index (χ1n) is 5.65. The molecule has 2 heterocycles. The molecule has 0 saturated heterocycles. The van der Waals surface area contributed by atoms with Gasteiger partial charge < -0.3 is 10.3 Å². The highest BCUT2D eigenvalue weighted by Gasteiger charge is 2.16. The second-order valence-corrected chi connectivity index (χ2v) is 6.92. The van der Waals surface area contributed by atoms with E-state index in [1.165, 1.54) is 17.7 Å². The van der Waals surface area contributed by atoms with Crippen LogP contribution in [-0.2, 0) is 22.9 Å². The van der Waals surface area contributed by atoms with Crippen molar-refractivity contribution in [2.45, 2.75) is 17.1 Å². The summed E-state index contributed by atoms with van der Waals surface area (Å²) in [6.07, 6.45) is 2.28. The largest absolute Gasteiger partial charge is 0.343 e. The molecule has 0 aliphatic heterocycles. The number of nitrogens with one attached hydrogen (secondary N) is 1. The van der Waals surface area contributed by atoms with Crippen LogP contribution >= 0.6 is 11.3 Å². The number of aromatic nitrogens is 2. The maximum atomic E-state index is 12.0. The van der Waals surface area contributed by atoms with Gasteiger partial charge in [-0.25, -0.2) is 13.1 Å². The van der Waals surface area contributed by atoms with Crippen molar-refractivity contribution in [3.63, 3.8) is 0 Å². The van der Waals surface area contributed by atoms with E-state index in [4.69, 9.17) is 5.73 Å². The van der Waals surface area contributed by atoms with E-state index in [2.05, 4.69) is 19.4 Å². The first-order chi connectivity index (χ1) is 9.12. The summed E-state index contributed by atoms with van der Waals surface area (Å²) in [5.74, 6) is 0.470. The Morgan fingerprint density at radius 1 is 1.37 bits per heavy atom. The van der Waals surface area contributed by atoms with Gasteiger partial charge in [0.1, 0.15) is 4.21 Å². The Balaban J connectivity index is 1.93. The molecule has 0 spiro atoms. The van der Waals surface area contributed by atoms with E-state index < -0.39 is 10.0 Å². The van der Waals surface area contributed by atoms with E-state index in [0.717, 1.165) is 4.88 Å². The van der Waals surface area contributed by atoms with E-state index in [-0.39, 0.29) is 6.54 Å².